The van der Waals surface area contributed by atoms with Crippen molar-refractivity contribution in [3.05, 3.63) is 59.7 Å². The van der Waals surface area contributed by atoms with Crippen LogP contribution in [0.15, 0.2) is 42.5 Å². The number of hydrogen-bond donors (Lipinski definition) is 1. The predicted molar refractivity (Wildman–Crippen MR) is 60.8 cm³/mol. The molecule has 2 aromatic carbocycles. The van der Waals surface area contributed by atoms with Gasteiger partial charge in [0.1, 0.15) is 11.6 Å². The first-order chi connectivity index (χ1) is 8.19. The van der Waals surface area contributed by atoms with E-state index in [9.17, 15) is 8.78 Å². The molecule has 2 nitrogen and oxygen atoms in total. The summed E-state index contributed by atoms with van der Waals surface area (Å²) in [4.78, 5) is 0. The van der Waals surface area contributed by atoms with Gasteiger partial charge in [-0.15, -0.1) is 0 Å². The molecule has 0 atom stereocenters. The van der Waals surface area contributed by atoms with E-state index in [0.29, 0.717) is 5.56 Å². The molecule has 0 fully saturated rings. The highest BCUT2D eigenvalue weighted by Crippen LogP contribution is 2.25. The van der Waals surface area contributed by atoms with Gasteiger partial charge in [-0.2, -0.15) is 0 Å². The van der Waals surface area contributed by atoms with Crippen molar-refractivity contribution in [3.63, 3.8) is 0 Å². The summed E-state index contributed by atoms with van der Waals surface area (Å²) in [6.07, 6.45) is 0. The van der Waals surface area contributed by atoms with Crippen molar-refractivity contribution < 1.29 is 13.5 Å². The van der Waals surface area contributed by atoms with Crippen molar-refractivity contribution in [2.45, 2.75) is 6.54 Å². The maximum Gasteiger partial charge on any atom is 0.165 e. The Hall–Kier alpha value is -1.94. The second-order valence-corrected chi connectivity index (χ2v) is 3.53. The van der Waals surface area contributed by atoms with Gasteiger partial charge in [0.2, 0.25) is 0 Å². The molecule has 2 N–H and O–H groups in total. The smallest absolute Gasteiger partial charge is 0.165 e. The summed E-state index contributed by atoms with van der Waals surface area (Å²) in [6.45, 7) is 0.200. The summed E-state index contributed by atoms with van der Waals surface area (Å²) in [5.74, 6) is -0.665. The fourth-order valence-corrected chi connectivity index (χ4v) is 1.45. The lowest BCUT2D eigenvalue weighted by molar-refractivity contribution is 0.438. The molecule has 0 amide bonds. The molecule has 0 radical (unpaired) electrons. The average Bonchev–Trinajstić information content (AvgIpc) is 2.31. The minimum absolute atomic E-state index is 0.0565. The van der Waals surface area contributed by atoms with Gasteiger partial charge in [-0.1, -0.05) is 12.1 Å². The molecule has 88 valence electrons. The number of para-hydroxylation sites is 1. The van der Waals surface area contributed by atoms with Crippen LogP contribution in [0.4, 0.5) is 8.78 Å². The van der Waals surface area contributed by atoms with Crippen molar-refractivity contribution in [2.24, 2.45) is 5.73 Å². The lowest BCUT2D eigenvalue weighted by atomic mass is 10.2. The minimum Gasteiger partial charge on any atom is -0.454 e. The van der Waals surface area contributed by atoms with E-state index < -0.39 is 11.6 Å². The van der Waals surface area contributed by atoms with Crippen LogP contribution in [0.5, 0.6) is 11.5 Å². The van der Waals surface area contributed by atoms with Gasteiger partial charge in [0, 0.05) is 12.6 Å². The largest absolute Gasteiger partial charge is 0.454 e. The monoisotopic (exact) mass is 235 g/mol. The maximum absolute atomic E-state index is 13.3. The summed E-state index contributed by atoms with van der Waals surface area (Å²) < 4.78 is 31.8. The molecule has 2 aromatic rings. The fraction of sp³-hybridized carbons (Fsp3) is 0.0769. The fourth-order valence-electron chi connectivity index (χ4n) is 1.45. The number of rotatable bonds is 3. The van der Waals surface area contributed by atoms with Crippen LogP contribution < -0.4 is 10.5 Å². The lowest BCUT2D eigenvalue weighted by Gasteiger charge is -2.08. The van der Waals surface area contributed by atoms with Gasteiger partial charge < -0.3 is 10.5 Å². The Morgan fingerprint density at radius 1 is 1.06 bits per heavy atom. The molecule has 0 saturated carbocycles. The van der Waals surface area contributed by atoms with Gasteiger partial charge in [0.15, 0.2) is 11.6 Å². The molecule has 0 aliphatic heterocycles. The highest BCUT2D eigenvalue weighted by atomic mass is 19.1. The van der Waals surface area contributed by atoms with E-state index in [1.807, 2.05) is 0 Å². The second-order valence-electron chi connectivity index (χ2n) is 3.53. The zero-order chi connectivity index (χ0) is 12.3. The zero-order valence-corrected chi connectivity index (χ0v) is 8.99. The molecular weight excluding hydrogens is 224 g/mol. The number of ether oxygens (including phenoxy) is 1. The lowest BCUT2D eigenvalue weighted by Crippen LogP contribution is -1.98. The summed E-state index contributed by atoms with van der Waals surface area (Å²) in [5, 5.41) is 0. The predicted octanol–water partition coefficient (Wildman–Crippen LogP) is 3.22. The van der Waals surface area contributed by atoms with Crippen molar-refractivity contribution in [1.29, 1.82) is 0 Å². The second kappa shape index (κ2) is 4.93. The molecule has 17 heavy (non-hydrogen) atoms. The summed E-state index contributed by atoms with van der Waals surface area (Å²) in [5.41, 5.74) is 6.01. The molecule has 2 rings (SSSR count). The van der Waals surface area contributed by atoms with Crippen molar-refractivity contribution in [1.82, 2.24) is 0 Å². The quantitative estimate of drug-likeness (QED) is 0.886. The summed E-state index contributed by atoms with van der Waals surface area (Å²) >= 11 is 0. The average molecular weight is 235 g/mol. The highest BCUT2D eigenvalue weighted by Gasteiger charge is 2.05. The van der Waals surface area contributed by atoms with Crippen LogP contribution in [-0.2, 0) is 6.54 Å². The molecule has 4 heteroatoms. The summed E-state index contributed by atoms with van der Waals surface area (Å²) in [7, 11) is 0. The van der Waals surface area contributed by atoms with E-state index in [1.165, 1.54) is 24.3 Å². The first-order valence-electron chi connectivity index (χ1n) is 5.11. The molecule has 0 aliphatic rings. The van der Waals surface area contributed by atoms with Crippen LogP contribution in [0.1, 0.15) is 5.56 Å². The van der Waals surface area contributed by atoms with E-state index >= 15 is 0 Å². The number of benzene rings is 2. The normalized spacial score (nSPS) is 10.3. The van der Waals surface area contributed by atoms with E-state index in [-0.39, 0.29) is 18.0 Å². The van der Waals surface area contributed by atoms with Crippen molar-refractivity contribution >= 4 is 0 Å². The summed E-state index contributed by atoms with van der Waals surface area (Å²) in [6, 6.07) is 10.0. The number of halogens is 2. The molecule has 0 bridgehead atoms. The van der Waals surface area contributed by atoms with E-state index in [1.54, 1.807) is 18.2 Å². The Morgan fingerprint density at radius 3 is 2.53 bits per heavy atom. The van der Waals surface area contributed by atoms with E-state index in [2.05, 4.69) is 0 Å². The standard InChI is InChI=1S/C13H11F2NO/c14-10-5-9(8-16)6-11(7-10)17-13-4-2-1-3-12(13)15/h1-7H,8,16H2. The van der Waals surface area contributed by atoms with Crippen LogP contribution in [0, 0.1) is 11.6 Å². The first-order valence-corrected chi connectivity index (χ1v) is 5.11. The van der Waals surface area contributed by atoms with Gasteiger partial charge >= 0.3 is 0 Å². The van der Waals surface area contributed by atoms with Gasteiger partial charge in [-0.25, -0.2) is 8.78 Å². The molecule has 0 saturated heterocycles. The molecule has 0 aliphatic carbocycles. The Balaban J connectivity index is 2.30. The molecular formula is C13H11F2NO. The van der Waals surface area contributed by atoms with Crippen molar-refractivity contribution in [3.8, 4) is 11.5 Å². The Bertz CT molecular complexity index is 529. The van der Waals surface area contributed by atoms with Gasteiger partial charge in [0.25, 0.3) is 0 Å². The van der Waals surface area contributed by atoms with Crippen LogP contribution >= 0.6 is 0 Å². The van der Waals surface area contributed by atoms with Gasteiger partial charge in [-0.05, 0) is 29.8 Å². The minimum atomic E-state index is -0.494. The van der Waals surface area contributed by atoms with E-state index in [0.717, 1.165) is 0 Å². The Labute approximate surface area is 97.6 Å². The Kier molecular flexibility index (Phi) is 3.35. The number of nitrogens with two attached hydrogens (primary N) is 1. The SMILES string of the molecule is NCc1cc(F)cc(Oc2ccccc2F)c1. The van der Waals surface area contributed by atoms with Gasteiger partial charge in [-0.3, -0.25) is 0 Å². The van der Waals surface area contributed by atoms with Crippen LogP contribution in [-0.4, -0.2) is 0 Å². The van der Waals surface area contributed by atoms with Gasteiger partial charge in [0.05, 0.1) is 0 Å². The van der Waals surface area contributed by atoms with Crippen molar-refractivity contribution in [2.75, 3.05) is 0 Å². The van der Waals surface area contributed by atoms with E-state index in [4.69, 9.17) is 10.5 Å². The Morgan fingerprint density at radius 2 is 1.82 bits per heavy atom. The molecule has 0 unspecified atom stereocenters. The third-order valence-corrected chi connectivity index (χ3v) is 2.23. The zero-order valence-electron chi connectivity index (χ0n) is 8.99. The third-order valence-electron chi connectivity index (χ3n) is 2.23. The topological polar surface area (TPSA) is 35.2 Å². The van der Waals surface area contributed by atoms with Crippen LogP contribution in [0.3, 0.4) is 0 Å². The van der Waals surface area contributed by atoms with Crippen LogP contribution in [0.25, 0.3) is 0 Å². The number of hydrogen-bond acceptors (Lipinski definition) is 2. The first kappa shape index (κ1) is 11.5. The molecule has 0 heterocycles. The molecule has 0 aromatic heterocycles. The van der Waals surface area contributed by atoms with Crippen LogP contribution in [0.2, 0.25) is 0 Å². The highest BCUT2D eigenvalue weighted by molar-refractivity contribution is 5.35. The third kappa shape index (κ3) is 2.79. The molecule has 0 spiro atoms. The maximum atomic E-state index is 13.3.